The van der Waals surface area contributed by atoms with Crippen LogP contribution in [0.5, 0.6) is 0 Å². The molecule has 0 aliphatic carbocycles. The molecule has 0 saturated carbocycles. The molecule has 0 amide bonds. The van der Waals surface area contributed by atoms with E-state index >= 15 is 0 Å². The molecule has 2 unspecified atom stereocenters. The van der Waals surface area contributed by atoms with Crippen LogP contribution >= 0.6 is 7.60 Å². The third-order valence-electron chi connectivity index (χ3n) is 2.04. The molecule has 7 heteroatoms. The van der Waals surface area contributed by atoms with Crippen LogP contribution in [0.1, 0.15) is 26.2 Å². The van der Waals surface area contributed by atoms with Crippen LogP contribution in [0.4, 0.5) is 0 Å². The largest absolute Gasteiger partial charge is 0.481 e. The van der Waals surface area contributed by atoms with Crippen LogP contribution in [-0.2, 0) is 9.36 Å². The summed E-state index contributed by atoms with van der Waals surface area (Å²) < 4.78 is 10.9. The van der Waals surface area contributed by atoms with Gasteiger partial charge in [0.2, 0.25) is 0 Å². The molecule has 0 fully saturated rings. The lowest BCUT2D eigenvalue weighted by atomic mass is 10.1. The van der Waals surface area contributed by atoms with Crippen LogP contribution in [0.25, 0.3) is 0 Å². The first-order valence-electron chi connectivity index (χ1n) is 4.31. The zero-order valence-electron chi connectivity index (χ0n) is 7.96. The summed E-state index contributed by atoms with van der Waals surface area (Å²) >= 11 is 0. The van der Waals surface area contributed by atoms with Crippen LogP contribution < -0.4 is 5.73 Å². The van der Waals surface area contributed by atoms with Gasteiger partial charge in [-0.25, -0.2) is 0 Å². The van der Waals surface area contributed by atoms with Gasteiger partial charge in [-0.1, -0.05) is 6.92 Å². The number of carbonyl (C=O) groups is 1. The first-order valence-corrected chi connectivity index (χ1v) is 5.99. The van der Waals surface area contributed by atoms with Crippen molar-refractivity contribution in [3.05, 3.63) is 0 Å². The van der Waals surface area contributed by atoms with Gasteiger partial charge in [0.1, 0.15) is 0 Å². The number of hydrogen-bond acceptors (Lipinski definition) is 3. The van der Waals surface area contributed by atoms with E-state index in [4.69, 9.17) is 20.6 Å². The van der Waals surface area contributed by atoms with E-state index in [0.717, 1.165) is 0 Å². The zero-order chi connectivity index (χ0) is 11.4. The summed E-state index contributed by atoms with van der Waals surface area (Å²) in [6.45, 7) is 1.62. The number of hydrogen-bond donors (Lipinski definition) is 4. The molecule has 0 rings (SSSR count). The van der Waals surface area contributed by atoms with Crippen LogP contribution in [0, 0.1) is 0 Å². The minimum atomic E-state index is -4.21. The minimum absolute atomic E-state index is 0.0823. The van der Waals surface area contributed by atoms with Gasteiger partial charge < -0.3 is 20.6 Å². The highest BCUT2D eigenvalue weighted by atomic mass is 31.2. The van der Waals surface area contributed by atoms with Gasteiger partial charge in [0.05, 0.1) is 5.66 Å². The van der Waals surface area contributed by atoms with Crippen molar-refractivity contribution in [1.82, 2.24) is 0 Å². The van der Waals surface area contributed by atoms with E-state index in [9.17, 15) is 9.36 Å². The van der Waals surface area contributed by atoms with Crippen LogP contribution in [0.2, 0.25) is 0 Å². The number of aliphatic carboxylic acids is 1. The first-order chi connectivity index (χ1) is 6.29. The average Bonchev–Trinajstić information content (AvgIpc) is 1.99. The second-order valence-electron chi connectivity index (χ2n) is 3.16. The average molecular weight is 225 g/mol. The topological polar surface area (TPSA) is 121 Å². The fourth-order valence-corrected chi connectivity index (χ4v) is 2.40. The van der Waals surface area contributed by atoms with Gasteiger partial charge in [0, 0.05) is 12.5 Å². The molecule has 2 atom stereocenters. The summed E-state index contributed by atoms with van der Waals surface area (Å²) in [7, 11) is -4.21. The molecule has 0 bridgehead atoms. The van der Waals surface area contributed by atoms with Crippen molar-refractivity contribution in [2.75, 3.05) is 0 Å². The first kappa shape index (κ1) is 13.6. The monoisotopic (exact) mass is 225 g/mol. The van der Waals surface area contributed by atoms with Crippen LogP contribution in [-0.4, -0.2) is 32.6 Å². The van der Waals surface area contributed by atoms with Gasteiger partial charge in [-0.05, 0) is 12.8 Å². The predicted octanol–water partition coefficient (Wildman–Crippen LogP) is 0.135. The van der Waals surface area contributed by atoms with Crippen molar-refractivity contribution in [3.8, 4) is 0 Å². The molecule has 0 aliphatic rings. The van der Waals surface area contributed by atoms with Crippen molar-refractivity contribution >= 4 is 13.6 Å². The molecule has 0 aromatic heterocycles. The Hall–Kier alpha value is -0.420. The Morgan fingerprint density at radius 3 is 2.29 bits per heavy atom. The molecule has 0 radical (unpaired) electrons. The standard InChI is InChI=1S/C7H16NO5P/c1-2-6(14(11,12)13)5(8)3-4-7(9)10/h5-6H,2-4,8H2,1H3,(H,9,10)(H2,11,12,13). The molecular weight excluding hydrogens is 209 g/mol. The second-order valence-corrected chi connectivity index (χ2v) is 5.00. The molecule has 84 valence electrons. The number of rotatable bonds is 6. The minimum Gasteiger partial charge on any atom is -0.481 e. The quantitative estimate of drug-likeness (QED) is 0.477. The van der Waals surface area contributed by atoms with Crippen LogP contribution in [0.15, 0.2) is 0 Å². The molecule has 5 N–H and O–H groups in total. The van der Waals surface area contributed by atoms with Crippen LogP contribution in [0.3, 0.4) is 0 Å². The normalized spacial score (nSPS) is 16.3. The molecular formula is C7H16NO5P. The molecule has 0 heterocycles. The Morgan fingerprint density at radius 2 is 2.00 bits per heavy atom. The lowest BCUT2D eigenvalue weighted by molar-refractivity contribution is -0.137. The van der Waals surface area contributed by atoms with Crippen molar-refractivity contribution < 1.29 is 24.3 Å². The maximum atomic E-state index is 10.9. The predicted molar refractivity (Wildman–Crippen MR) is 51.0 cm³/mol. The Kier molecular flexibility index (Phi) is 5.29. The SMILES string of the molecule is CCC(C(N)CCC(=O)O)P(=O)(O)O. The third kappa shape index (κ3) is 4.72. The van der Waals surface area contributed by atoms with E-state index in [-0.39, 0.29) is 19.3 Å². The maximum absolute atomic E-state index is 10.9. The Bertz CT molecular complexity index is 238. The Balaban J connectivity index is 4.26. The van der Waals surface area contributed by atoms with E-state index in [2.05, 4.69) is 0 Å². The van der Waals surface area contributed by atoms with E-state index in [1.807, 2.05) is 0 Å². The fraction of sp³-hybridized carbons (Fsp3) is 0.857. The summed E-state index contributed by atoms with van der Waals surface area (Å²) in [5.41, 5.74) is 4.56. The van der Waals surface area contributed by atoms with E-state index in [1.165, 1.54) is 0 Å². The van der Waals surface area contributed by atoms with Gasteiger partial charge in [0.25, 0.3) is 0 Å². The molecule has 6 nitrogen and oxygen atoms in total. The van der Waals surface area contributed by atoms with Gasteiger partial charge >= 0.3 is 13.6 Å². The Labute approximate surface area is 82.3 Å². The highest BCUT2D eigenvalue weighted by Crippen LogP contribution is 2.44. The molecule has 14 heavy (non-hydrogen) atoms. The van der Waals surface area contributed by atoms with Gasteiger partial charge in [-0.15, -0.1) is 0 Å². The summed E-state index contributed by atoms with van der Waals surface area (Å²) in [6.07, 6.45) is 0.154. The lowest BCUT2D eigenvalue weighted by Crippen LogP contribution is -2.34. The third-order valence-corrected chi connectivity index (χ3v) is 3.65. The summed E-state index contributed by atoms with van der Waals surface area (Å²) in [6, 6.07) is -0.767. The second kappa shape index (κ2) is 5.46. The smallest absolute Gasteiger partial charge is 0.330 e. The number of carboxylic acids is 1. The maximum Gasteiger partial charge on any atom is 0.330 e. The Morgan fingerprint density at radius 1 is 1.50 bits per heavy atom. The molecule has 0 aromatic rings. The zero-order valence-corrected chi connectivity index (χ0v) is 8.85. The van der Waals surface area contributed by atoms with Crippen molar-refractivity contribution in [1.29, 1.82) is 0 Å². The van der Waals surface area contributed by atoms with Gasteiger partial charge in [0.15, 0.2) is 0 Å². The van der Waals surface area contributed by atoms with Gasteiger partial charge in [-0.2, -0.15) is 0 Å². The van der Waals surface area contributed by atoms with E-state index in [1.54, 1.807) is 6.92 Å². The summed E-state index contributed by atoms with van der Waals surface area (Å²) in [5.74, 6) is -1.01. The fourth-order valence-electron chi connectivity index (χ4n) is 1.27. The lowest BCUT2D eigenvalue weighted by Gasteiger charge is -2.22. The summed E-state index contributed by atoms with van der Waals surface area (Å²) in [4.78, 5) is 28.0. The van der Waals surface area contributed by atoms with Crippen molar-refractivity contribution in [2.24, 2.45) is 5.73 Å². The van der Waals surface area contributed by atoms with E-state index < -0.39 is 25.3 Å². The highest BCUT2D eigenvalue weighted by molar-refractivity contribution is 7.52. The molecule has 0 saturated heterocycles. The van der Waals surface area contributed by atoms with Crippen molar-refractivity contribution in [2.45, 2.75) is 37.9 Å². The molecule has 0 aromatic carbocycles. The highest BCUT2D eigenvalue weighted by Gasteiger charge is 2.32. The summed E-state index contributed by atoms with van der Waals surface area (Å²) in [5, 5.41) is 8.37. The number of nitrogens with two attached hydrogens (primary N) is 1. The van der Waals surface area contributed by atoms with E-state index in [0.29, 0.717) is 0 Å². The molecule has 0 aliphatic heterocycles. The van der Waals surface area contributed by atoms with Crippen molar-refractivity contribution in [3.63, 3.8) is 0 Å². The van der Waals surface area contributed by atoms with Gasteiger partial charge in [-0.3, -0.25) is 9.36 Å². The molecule has 0 spiro atoms. The number of carboxylic acid groups (broad SMARTS) is 1.